The Balaban J connectivity index is 1.89. The van der Waals surface area contributed by atoms with Crippen LogP contribution in [0.4, 0.5) is 0 Å². The second-order valence-corrected chi connectivity index (χ2v) is 5.87. The third-order valence-electron chi connectivity index (χ3n) is 3.84. The highest BCUT2D eigenvalue weighted by molar-refractivity contribution is 5.83. The van der Waals surface area contributed by atoms with E-state index >= 15 is 0 Å². The van der Waals surface area contributed by atoms with Crippen LogP contribution in [0, 0.1) is 0 Å². The van der Waals surface area contributed by atoms with Crippen molar-refractivity contribution in [3.63, 3.8) is 0 Å². The summed E-state index contributed by atoms with van der Waals surface area (Å²) in [6.45, 7) is 8.88. The van der Waals surface area contributed by atoms with Gasteiger partial charge in [-0.1, -0.05) is 19.1 Å². The van der Waals surface area contributed by atoms with E-state index in [0.717, 1.165) is 31.5 Å². The van der Waals surface area contributed by atoms with Crippen molar-refractivity contribution in [1.82, 2.24) is 10.3 Å². The molecule has 0 saturated carbocycles. The van der Waals surface area contributed by atoms with E-state index in [1.807, 2.05) is 25.1 Å². The summed E-state index contributed by atoms with van der Waals surface area (Å²) in [7, 11) is 0. The van der Waals surface area contributed by atoms with Gasteiger partial charge in [0.15, 0.2) is 11.5 Å². The van der Waals surface area contributed by atoms with Gasteiger partial charge in [-0.25, -0.2) is 5.43 Å². The van der Waals surface area contributed by atoms with Gasteiger partial charge in [0.1, 0.15) is 6.61 Å². The molecule has 0 atom stereocenters. The first-order chi connectivity index (χ1) is 12.2. The molecule has 1 N–H and O–H groups in total. The van der Waals surface area contributed by atoms with E-state index in [2.05, 4.69) is 22.0 Å². The first-order valence-electron chi connectivity index (χ1n) is 8.77. The molecule has 0 aromatic heterocycles. The van der Waals surface area contributed by atoms with Gasteiger partial charge in [0.25, 0.3) is 5.91 Å². The van der Waals surface area contributed by atoms with Crippen molar-refractivity contribution < 1.29 is 14.3 Å². The van der Waals surface area contributed by atoms with E-state index in [-0.39, 0.29) is 5.91 Å². The van der Waals surface area contributed by atoms with E-state index < -0.39 is 0 Å². The lowest BCUT2D eigenvalue weighted by Crippen LogP contribution is -2.38. The van der Waals surface area contributed by atoms with Crippen molar-refractivity contribution in [2.24, 2.45) is 5.10 Å². The standard InChI is InChI=1S/C19H27N3O3/c1-3-12-25-17-9-8-16(13-18(17)24-4-2)14-20-21-19(23)15-22-10-6-5-7-11-22/h3,8-9,13-14H,1,4-7,10-12,15H2,2H3,(H,21,23)/b20-14-. The van der Waals surface area contributed by atoms with E-state index in [1.165, 1.54) is 6.42 Å². The molecule has 0 radical (unpaired) electrons. The van der Waals surface area contributed by atoms with Crippen molar-refractivity contribution in [1.29, 1.82) is 0 Å². The topological polar surface area (TPSA) is 63.2 Å². The number of ether oxygens (including phenoxy) is 2. The van der Waals surface area contributed by atoms with Gasteiger partial charge in [-0.2, -0.15) is 5.10 Å². The van der Waals surface area contributed by atoms with Gasteiger partial charge in [0.2, 0.25) is 0 Å². The number of hydrazone groups is 1. The highest BCUT2D eigenvalue weighted by atomic mass is 16.5. The quantitative estimate of drug-likeness (QED) is 0.424. The van der Waals surface area contributed by atoms with Gasteiger partial charge in [-0.15, -0.1) is 0 Å². The molecule has 1 aliphatic rings. The molecule has 6 heteroatoms. The summed E-state index contributed by atoms with van der Waals surface area (Å²) in [5, 5.41) is 4.04. The molecule has 0 spiro atoms. The third kappa shape index (κ3) is 6.58. The van der Waals surface area contributed by atoms with Crippen LogP contribution in [0.15, 0.2) is 36.0 Å². The normalized spacial score (nSPS) is 15.1. The van der Waals surface area contributed by atoms with E-state index in [1.54, 1.807) is 12.3 Å². The Labute approximate surface area is 149 Å². The second kappa shape index (κ2) is 10.5. The zero-order valence-electron chi connectivity index (χ0n) is 14.9. The smallest absolute Gasteiger partial charge is 0.254 e. The van der Waals surface area contributed by atoms with E-state index in [4.69, 9.17) is 9.47 Å². The van der Waals surface area contributed by atoms with Gasteiger partial charge in [-0.05, 0) is 56.6 Å². The number of hydrogen-bond donors (Lipinski definition) is 1. The maximum atomic E-state index is 11.9. The summed E-state index contributed by atoms with van der Waals surface area (Å²) in [5.41, 5.74) is 3.41. The maximum absolute atomic E-state index is 11.9. The first kappa shape index (κ1) is 19.0. The molecule has 1 aromatic rings. The van der Waals surface area contributed by atoms with Crippen LogP contribution in [0.25, 0.3) is 0 Å². The van der Waals surface area contributed by atoms with E-state index in [0.29, 0.717) is 31.3 Å². The number of carbonyl (C=O) groups excluding carboxylic acids is 1. The molecule has 6 nitrogen and oxygen atoms in total. The number of nitrogens with zero attached hydrogens (tertiary/aromatic N) is 2. The zero-order chi connectivity index (χ0) is 17.9. The highest BCUT2D eigenvalue weighted by Gasteiger charge is 2.13. The minimum absolute atomic E-state index is 0.0888. The lowest BCUT2D eigenvalue weighted by molar-refractivity contribution is -0.122. The van der Waals surface area contributed by atoms with Crippen molar-refractivity contribution in [2.75, 3.05) is 32.8 Å². The Bertz CT molecular complexity index is 596. The fourth-order valence-corrected chi connectivity index (χ4v) is 2.68. The molecule has 0 aliphatic carbocycles. The van der Waals surface area contributed by atoms with Crippen LogP contribution in [-0.4, -0.2) is 49.9 Å². The summed E-state index contributed by atoms with van der Waals surface area (Å²) < 4.78 is 11.1. The molecule has 1 amide bonds. The van der Waals surface area contributed by atoms with Gasteiger partial charge < -0.3 is 9.47 Å². The molecule has 1 fully saturated rings. The Morgan fingerprint density at radius 1 is 1.28 bits per heavy atom. The van der Waals surface area contributed by atoms with Crippen LogP contribution in [0.5, 0.6) is 11.5 Å². The van der Waals surface area contributed by atoms with Gasteiger partial charge in [0.05, 0.1) is 19.4 Å². The predicted molar refractivity (Wildman–Crippen MR) is 99.3 cm³/mol. The van der Waals surface area contributed by atoms with Crippen LogP contribution in [0.2, 0.25) is 0 Å². The van der Waals surface area contributed by atoms with Crippen LogP contribution >= 0.6 is 0 Å². The number of carbonyl (C=O) groups is 1. The third-order valence-corrected chi connectivity index (χ3v) is 3.84. The van der Waals surface area contributed by atoms with Crippen molar-refractivity contribution in [2.45, 2.75) is 26.2 Å². The second-order valence-electron chi connectivity index (χ2n) is 5.87. The number of rotatable bonds is 9. The van der Waals surface area contributed by atoms with Gasteiger partial charge >= 0.3 is 0 Å². The Morgan fingerprint density at radius 3 is 2.80 bits per heavy atom. The average molecular weight is 345 g/mol. The predicted octanol–water partition coefficient (Wildman–Crippen LogP) is 2.59. The van der Waals surface area contributed by atoms with Gasteiger partial charge in [0, 0.05) is 0 Å². The monoisotopic (exact) mass is 345 g/mol. The van der Waals surface area contributed by atoms with Crippen molar-refractivity contribution >= 4 is 12.1 Å². The summed E-state index contributed by atoms with van der Waals surface area (Å²) in [4.78, 5) is 14.1. The fourth-order valence-electron chi connectivity index (χ4n) is 2.68. The number of likely N-dealkylation sites (tertiary alicyclic amines) is 1. The zero-order valence-corrected chi connectivity index (χ0v) is 14.9. The van der Waals surface area contributed by atoms with Crippen LogP contribution in [0.1, 0.15) is 31.7 Å². The average Bonchev–Trinajstić information content (AvgIpc) is 2.62. The summed E-state index contributed by atoms with van der Waals surface area (Å²) in [6, 6.07) is 5.52. The molecule has 1 aromatic carbocycles. The first-order valence-corrected chi connectivity index (χ1v) is 8.77. The number of nitrogens with one attached hydrogen (secondary N) is 1. The Morgan fingerprint density at radius 2 is 2.08 bits per heavy atom. The molecule has 1 saturated heterocycles. The molecular weight excluding hydrogens is 318 g/mol. The number of hydrogen-bond acceptors (Lipinski definition) is 5. The molecule has 25 heavy (non-hydrogen) atoms. The molecule has 0 bridgehead atoms. The minimum atomic E-state index is -0.0888. The SMILES string of the molecule is C=CCOc1ccc(/C=N\NC(=O)CN2CCCCC2)cc1OCC. The van der Waals surface area contributed by atoms with Crippen molar-refractivity contribution in [3.05, 3.63) is 36.4 Å². The van der Waals surface area contributed by atoms with E-state index in [9.17, 15) is 4.79 Å². The molecule has 0 unspecified atom stereocenters. The molecule has 2 rings (SSSR count). The Hall–Kier alpha value is -2.34. The lowest BCUT2D eigenvalue weighted by atomic mass is 10.1. The summed E-state index contributed by atoms with van der Waals surface area (Å²) in [5.74, 6) is 1.22. The number of amides is 1. The summed E-state index contributed by atoms with van der Waals surface area (Å²) >= 11 is 0. The maximum Gasteiger partial charge on any atom is 0.254 e. The number of benzene rings is 1. The fraction of sp³-hybridized carbons (Fsp3) is 0.474. The Kier molecular flexibility index (Phi) is 7.98. The van der Waals surface area contributed by atoms with Crippen molar-refractivity contribution in [3.8, 4) is 11.5 Å². The highest BCUT2D eigenvalue weighted by Crippen LogP contribution is 2.28. The molecular formula is C19H27N3O3. The molecule has 1 aliphatic heterocycles. The van der Waals surface area contributed by atoms with Crippen LogP contribution in [0.3, 0.4) is 0 Å². The van der Waals surface area contributed by atoms with Gasteiger partial charge in [-0.3, -0.25) is 9.69 Å². The minimum Gasteiger partial charge on any atom is -0.490 e. The largest absolute Gasteiger partial charge is 0.490 e. The van der Waals surface area contributed by atoms with Crippen LogP contribution < -0.4 is 14.9 Å². The molecule has 136 valence electrons. The molecule has 1 heterocycles. The lowest BCUT2D eigenvalue weighted by Gasteiger charge is -2.25. The number of piperidine rings is 1. The summed E-state index contributed by atoms with van der Waals surface area (Å²) in [6.07, 6.45) is 6.87. The van der Waals surface area contributed by atoms with Crippen LogP contribution in [-0.2, 0) is 4.79 Å².